The summed E-state index contributed by atoms with van der Waals surface area (Å²) in [6.07, 6.45) is 0. The molecule has 0 fully saturated rings. The molecule has 3 aromatic rings. The molecule has 3 rings (SSSR count). The van der Waals surface area contributed by atoms with Crippen LogP contribution < -0.4 is 10.1 Å². The highest BCUT2D eigenvalue weighted by atomic mass is 16.5. The van der Waals surface area contributed by atoms with Crippen molar-refractivity contribution in [2.45, 2.75) is 39.9 Å². The van der Waals surface area contributed by atoms with Crippen LogP contribution in [0.1, 0.15) is 51.4 Å². The smallest absolute Gasteiger partial charge is 0.337 e. The van der Waals surface area contributed by atoms with Gasteiger partial charge in [0.05, 0.1) is 12.7 Å². The lowest BCUT2D eigenvalue weighted by Gasteiger charge is -2.15. The lowest BCUT2D eigenvalue weighted by Crippen LogP contribution is -2.19. The van der Waals surface area contributed by atoms with Crippen LogP contribution >= 0.6 is 0 Å². The fraction of sp³-hybridized carbons (Fsp3) is 0.292. The van der Waals surface area contributed by atoms with E-state index >= 15 is 0 Å². The summed E-state index contributed by atoms with van der Waals surface area (Å²) in [6.45, 7) is 7.08. The molecule has 5 heteroatoms. The maximum absolute atomic E-state index is 12.0. The van der Waals surface area contributed by atoms with Gasteiger partial charge in [-0.3, -0.25) is 0 Å². The predicted octanol–water partition coefficient (Wildman–Crippen LogP) is 4.71. The second kappa shape index (κ2) is 8.97. The molecule has 0 bridgehead atoms. The van der Waals surface area contributed by atoms with Crippen molar-refractivity contribution < 1.29 is 14.6 Å². The third-order valence-corrected chi connectivity index (χ3v) is 5.51. The number of nitrogens with zero attached hydrogens (tertiary/aromatic N) is 1. The Labute approximate surface area is 172 Å². The van der Waals surface area contributed by atoms with E-state index in [1.807, 2.05) is 56.3 Å². The van der Waals surface area contributed by atoms with Gasteiger partial charge in [0.15, 0.2) is 0 Å². The number of carbonyl (C=O) groups is 1. The van der Waals surface area contributed by atoms with E-state index in [4.69, 9.17) is 4.74 Å². The molecule has 0 radical (unpaired) electrons. The summed E-state index contributed by atoms with van der Waals surface area (Å²) < 4.78 is 7.30. The Hall–Kier alpha value is -3.05. The van der Waals surface area contributed by atoms with E-state index < -0.39 is 5.97 Å². The summed E-state index contributed by atoms with van der Waals surface area (Å²) in [6, 6.07) is 18.1. The van der Waals surface area contributed by atoms with E-state index in [9.17, 15) is 9.90 Å². The molecule has 1 heterocycles. The number of aromatic nitrogens is 1. The number of ether oxygens (including phenoxy) is 1. The van der Waals surface area contributed by atoms with Crippen LogP contribution in [0.4, 0.5) is 0 Å². The second-order valence-electron chi connectivity index (χ2n) is 7.28. The van der Waals surface area contributed by atoms with Gasteiger partial charge in [0.2, 0.25) is 0 Å². The Balaban J connectivity index is 1.86. The molecular weight excluding hydrogens is 364 g/mol. The van der Waals surface area contributed by atoms with Crippen molar-refractivity contribution in [2.24, 2.45) is 0 Å². The Bertz CT molecular complexity index is 976. The van der Waals surface area contributed by atoms with Gasteiger partial charge in [-0.05, 0) is 44.0 Å². The highest BCUT2D eigenvalue weighted by Crippen LogP contribution is 2.25. The molecular formula is C24H28N2O3. The summed E-state index contributed by atoms with van der Waals surface area (Å²) in [5, 5.41) is 13.3. The molecule has 0 unspecified atom stereocenters. The van der Waals surface area contributed by atoms with Crippen molar-refractivity contribution in [3.8, 4) is 5.75 Å². The molecule has 2 N–H and O–H groups in total. The maximum atomic E-state index is 12.0. The van der Waals surface area contributed by atoms with Gasteiger partial charge in [-0.25, -0.2) is 4.79 Å². The largest absolute Gasteiger partial charge is 0.497 e. The van der Waals surface area contributed by atoms with Crippen molar-refractivity contribution in [1.82, 2.24) is 9.88 Å². The number of methoxy groups -OCH3 is 1. The van der Waals surface area contributed by atoms with Gasteiger partial charge in [0.1, 0.15) is 5.75 Å². The molecule has 1 aromatic heterocycles. The van der Waals surface area contributed by atoms with Gasteiger partial charge in [0.25, 0.3) is 0 Å². The summed E-state index contributed by atoms with van der Waals surface area (Å²) in [4.78, 5) is 12.0. The molecule has 5 nitrogen and oxygen atoms in total. The van der Waals surface area contributed by atoms with E-state index in [1.165, 1.54) is 5.56 Å². The number of aromatic carboxylic acids is 1. The number of hydrogen-bond acceptors (Lipinski definition) is 3. The molecule has 0 aliphatic carbocycles. The first-order valence-electron chi connectivity index (χ1n) is 9.75. The standard InChI is InChI=1S/C24H28N2O3/c1-16(20-8-6-5-7-9-20)25-14-22-17(2)26(18(3)23(22)24(27)28)15-19-10-12-21(29-4)13-11-19/h5-13,16,25H,14-15H2,1-4H3,(H,27,28)/t16-/m0/s1. The van der Waals surface area contributed by atoms with E-state index in [0.717, 1.165) is 28.3 Å². The highest BCUT2D eigenvalue weighted by Gasteiger charge is 2.23. The molecule has 152 valence electrons. The number of carboxylic acid groups (broad SMARTS) is 1. The lowest BCUT2D eigenvalue weighted by molar-refractivity contribution is 0.0694. The van der Waals surface area contributed by atoms with Crippen molar-refractivity contribution in [3.05, 3.63) is 88.2 Å². The van der Waals surface area contributed by atoms with Crippen molar-refractivity contribution >= 4 is 5.97 Å². The molecule has 0 aliphatic rings. The van der Waals surface area contributed by atoms with E-state index in [-0.39, 0.29) is 6.04 Å². The average Bonchev–Trinajstić information content (AvgIpc) is 2.97. The fourth-order valence-electron chi connectivity index (χ4n) is 3.71. The molecule has 0 spiro atoms. The minimum absolute atomic E-state index is 0.127. The minimum atomic E-state index is -0.886. The van der Waals surface area contributed by atoms with Crippen LogP contribution in [-0.2, 0) is 13.1 Å². The number of rotatable bonds is 8. The van der Waals surface area contributed by atoms with Crippen molar-refractivity contribution in [3.63, 3.8) is 0 Å². The summed E-state index contributed by atoms with van der Waals surface area (Å²) >= 11 is 0. The van der Waals surface area contributed by atoms with E-state index in [1.54, 1.807) is 7.11 Å². The zero-order chi connectivity index (χ0) is 21.0. The molecule has 0 saturated heterocycles. The van der Waals surface area contributed by atoms with Gasteiger partial charge >= 0.3 is 5.97 Å². The van der Waals surface area contributed by atoms with Crippen molar-refractivity contribution in [2.75, 3.05) is 7.11 Å². The van der Waals surface area contributed by atoms with Gasteiger partial charge in [-0.15, -0.1) is 0 Å². The Morgan fingerprint density at radius 3 is 2.31 bits per heavy atom. The summed E-state index contributed by atoms with van der Waals surface area (Å²) in [5.74, 6) is -0.0797. The third-order valence-electron chi connectivity index (χ3n) is 5.51. The number of hydrogen-bond donors (Lipinski definition) is 2. The number of carboxylic acids is 1. The van der Waals surface area contributed by atoms with Crippen LogP contribution in [0.15, 0.2) is 54.6 Å². The Morgan fingerprint density at radius 2 is 1.72 bits per heavy atom. The normalized spacial score (nSPS) is 12.0. The first-order chi connectivity index (χ1) is 13.9. The molecule has 0 amide bonds. The molecule has 29 heavy (non-hydrogen) atoms. The minimum Gasteiger partial charge on any atom is -0.497 e. The molecule has 1 atom stereocenters. The van der Waals surface area contributed by atoms with Crippen LogP contribution in [0.5, 0.6) is 5.75 Å². The summed E-state index contributed by atoms with van der Waals surface area (Å²) in [5.41, 5.74) is 5.26. The zero-order valence-corrected chi connectivity index (χ0v) is 17.4. The monoisotopic (exact) mass is 392 g/mol. The van der Waals surface area contributed by atoms with Gasteiger partial charge in [-0.1, -0.05) is 42.5 Å². The molecule has 0 saturated carbocycles. The van der Waals surface area contributed by atoms with Crippen LogP contribution in [-0.4, -0.2) is 22.8 Å². The first-order valence-corrected chi connectivity index (χ1v) is 9.75. The van der Waals surface area contributed by atoms with Crippen LogP contribution in [0.3, 0.4) is 0 Å². The van der Waals surface area contributed by atoms with Crippen LogP contribution in [0, 0.1) is 13.8 Å². The lowest BCUT2D eigenvalue weighted by atomic mass is 10.1. The van der Waals surface area contributed by atoms with Crippen LogP contribution in [0.2, 0.25) is 0 Å². The van der Waals surface area contributed by atoms with Gasteiger partial charge < -0.3 is 19.7 Å². The third kappa shape index (κ3) is 4.51. The second-order valence-corrected chi connectivity index (χ2v) is 7.28. The fourth-order valence-corrected chi connectivity index (χ4v) is 3.71. The first kappa shape index (κ1) is 20.7. The van der Waals surface area contributed by atoms with E-state index in [2.05, 4.69) is 28.9 Å². The molecule has 0 aliphatic heterocycles. The van der Waals surface area contributed by atoms with Crippen LogP contribution in [0.25, 0.3) is 0 Å². The Morgan fingerprint density at radius 1 is 1.07 bits per heavy atom. The number of nitrogens with one attached hydrogen (secondary N) is 1. The maximum Gasteiger partial charge on any atom is 0.337 e. The predicted molar refractivity (Wildman–Crippen MR) is 115 cm³/mol. The Kier molecular flexibility index (Phi) is 6.39. The summed E-state index contributed by atoms with van der Waals surface area (Å²) in [7, 11) is 1.64. The topological polar surface area (TPSA) is 63.5 Å². The van der Waals surface area contributed by atoms with Crippen molar-refractivity contribution in [1.29, 1.82) is 0 Å². The zero-order valence-electron chi connectivity index (χ0n) is 17.4. The SMILES string of the molecule is COc1ccc(Cn2c(C)c(CN[C@@H](C)c3ccccc3)c(C(=O)O)c2C)cc1. The van der Waals surface area contributed by atoms with Gasteiger partial charge in [-0.2, -0.15) is 0 Å². The van der Waals surface area contributed by atoms with Gasteiger partial charge in [0, 0.05) is 36.1 Å². The van der Waals surface area contributed by atoms with E-state index in [0.29, 0.717) is 18.7 Å². The highest BCUT2D eigenvalue weighted by molar-refractivity contribution is 5.91. The molecule has 2 aromatic carbocycles. The average molecular weight is 392 g/mol. The number of benzene rings is 2. The quantitative estimate of drug-likeness (QED) is 0.583.